The number of hydrogen-bond donors (Lipinski definition) is 2. The van der Waals surface area contributed by atoms with Crippen LogP contribution in [-0.4, -0.2) is 78.4 Å². The van der Waals surface area contributed by atoms with Crippen molar-refractivity contribution >= 4 is 29.3 Å². The number of hydrogen-bond acceptors (Lipinski definition) is 8. The Kier molecular flexibility index (Phi) is 7.72. The van der Waals surface area contributed by atoms with Crippen molar-refractivity contribution in [2.45, 2.75) is 70.7 Å². The van der Waals surface area contributed by atoms with Gasteiger partial charge in [-0.1, -0.05) is 0 Å². The van der Waals surface area contributed by atoms with Crippen LogP contribution >= 0.6 is 0 Å². The van der Waals surface area contributed by atoms with E-state index in [1.807, 2.05) is 19.2 Å². The summed E-state index contributed by atoms with van der Waals surface area (Å²) in [6, 6.07) is 1.85. The monoisotopic (exact) mass is 578 g/mol. The lowest BCUT2D eigenvalue weighted by molar-refractivity contribution is -0.149. The largest absolute Gasteiger partial charge is 0.491 e. The summed E-state index contributed by atoms with van der Waals surface area (Å²) in [6.07, 6.45) is -1.81. The topological polar surface area (TPSA) is 118 Å². The molecule has 0 aliphatic carbocycles. The fourth-order valence-electron chi connectivity index (χ4n) is 5.25. The van der Waals surface area contributed by atoms with Gasteiger partial charge in [0.1, 0.15) is 36.0 Å². The van der Waals surface area contributed by atoms with Crippen LogP contribution in [0.3, 0.4) is 0 Å². The molecule has 5 rings (SSSR count). The van der Waals surface area contributed by atoms with Gasteiger partial charge < -0.3 is 24.4 Å². The van der Waals surface area contributed by atoms with Crippen LogP contribution in [0.5, 0.6) is 5.75 Å². The molecule has 14 heteroatoms. The number of anilines is 3. The molecule has 0 spiro atoms. The molecule has 3 aliphatic rings. The highest BCUT2D eigenvalue weighted by atomic mass is 19.4. The van der Waals surface area contributed by atoms with Gasteiger partial charge in [0.2, 0.25) is 0 Å². The van der Waals surface area contributed by atoms with Crippen molar-refractivity contribution in [2.75, 3.05) is 41.4 Å². The number of nitrogens with zero attached hydrogens (tertiary/aromatic N) is 4. The number of aromatic nitrogens is 2. The summed E-state index contributed by atoms with van der Waals surface area (Å²) in [5, 5.41) is 4.74. The number of nitrogens with one attached hydrogen (secondary N) is 2. The Morgan fingerprint density at radius 1 is 1.29 bits per heavy atom. The molecule has 1 unspecified atom stereocenters. The highest BCUT2D eigenvalue weighted by Gasteiger charge is 2.41. The number of pyridine rings is 2. The zero-order chi connectivity index (χ0) is 29.5. The Labute approximate surface area is 235 Å². The molecule has 2 aromatic rings. The first-order valence-corrected chi connectivity index (χ1v) is 13.5. The fraction of sp³-hybridized carbons (Fsp3) is 0.556. The van der Waals surface area contributed by atoms with Gasteiger partial charge >= 0.3 is 12.2 Å². The van der Waals surface area contributed by atoms with Crippen molar-refractivity contribution in [1.29, 1.82) is 0 Å². The average molecular weight is 579 g/mol. The second-order valence-corrected chi connectivity index (χ2v) is 10.9. The number of amides is 3. The smallest absolute Gasteiger partial charge is 0.408 e. The minimum atomic E-state index is -4.60. The van der Waals surface area contributed by atoms with Crippen LogP contribution in [0, 0.1) is 6.92 Å². The number of rotatable bonds is 6. The standard InChI is InChI=1S/C27H33F3N6O5/c1-15-10-20(24(37)32-16(2)27(28,29)30)33-23-22(15)35-9-5-6-17(12-35)36(23)25(38)34-21-11-18(7-8-31-21)39-13-19-14-40-26(3,4)41-19/h7-8,10-11,16-17,19H,5-6,9,12-14H2,1-4H3,(H,32,37)(H,31,34,38)/t16?,17-,19-/m0/s1. The van der Waals surface area contributed by atoms with Gasteiger partial charge in [0.05, 0.1) is 18.3 Å². The first kappa shape index (κ1) is 28.9. The molecule has 2 fully saturated rings. The Morgan fingerprint density at radius 2 is 2.07 bits per heavy atom. The zero-order valence-corrected chi connectivity index (χ0v) is 23.2. The van der Waals surface area contributed by atoms with E-state index in [2.05, 4.69) is 20.2 Å². The highest BCUT2D eigenvalue weighted by molar-refractivity contribution is 6.05. The number of aryl methyl sites for hydroxylation is 1. The SMILES string of the molecule is Cc1cc(C(=O)NC(C)C(F)(F)F)nc2c1N1CCC[C@@H](C1)N2C(=O)Nc1cc(OC[C@H]2COC(C)(C)O2)ccn1. The Hall–Kier alpha value is -3.65. The zero-order valence-electron chi connectivity index (χ0n) is 23.2. The van der Waals surface area contributed by atoms with E-state index in [0.29, 0.717) is 36.6 Å². The van der Waals surface area contributed by atoms with Gasteiger partial charge in [-0.25, -0.2) is 14.8 Å². The van der Waals surface area contributed by atoms with Gasteiger partial charge in [-0.15, -0.1) is 0 Å². The number of ether oxygens (including phenoxy) is 3. The summed E-state index contributed by atoms with van der Waals surface area (Å²) in [5.74, 6) is -0.719. The molecular formula is C27H33F3N6O5. The lowest BCUT2D eigenvalue weighted by Gasteiger charge is -2.46. The summed E-state index contributed by atoms with van der Waals surface area (Å²) in [4.78, 5) is 38.6. The number of carbonyl (C=O) groups is 2. The number of carbonyl (C=O) groups excluding carboxylic acids is 2. The lowest BCUT2D eigenvalue weighted by atomic mass is 9.98. The molecule has 2 bridgehead atoms. The maximum atomic E-state index is 13.7. The summed E-state index contributed by atoms with van der Waals surface area (Å²) < 4.78 is 56.3. The second-order valence-electron chi connectivity index (χ2n) is 10.9. The molecular weight excluding hydrogens is 545 g/mol. The van der Waals surface area contributed by atoms with Gasteiger partial charge in [-0.2, -0.15) is 13.2 Å². The van der Waals surface area contributed by atoms with Crippen molar-refractivity contribution in [3.05, 3.63) is 35.7 Å². The molecule has 3 aliphatic heterocycles. The third-order valence-corrected chi connectivity index (χ3v) is 7.23. The van der Waals surface area contributed by atoms with Gasteiger partial charge in [0, 0.05) is 25.4 Å². The van der Waals surface area contributed by atoms with E-state index in [1.54, 1.807) is 19.1 Å². The molecule has 0 radical (unpaired) electrons. The summed E-state index contributed by atoms with van der Waals surface area (Å²) in [5.41, 5.74) is 1.10. The predicted molar refractivity (Wildman–Crippen MR) is 143 cm³/mol. The fourth-order valence-corrected chi connectivity index (χ4v) is 5.25. The van der Waals surface area contributed by atoms with E-state index in [1.165, 1.54) is 17.2 Å². The molecule has 41 heavy (non-hydrogen) atoms. The maximum Gasteiger partial charge on any atom is 0.408 e. The third kappa shape index (κ3) is 6.32. The van der Waals surface area contributed by atoms with E-state index < -0.39 is 29.9 Å². The highest BCUT2D eigenvalue weighted by Crippen LogP contribution is 2.41. The van der Waals surface area contributed by atoms with Crippen LogP contribution in [0.4, 0.5) is 35.3 Å². The number of alkyl halides is 3. The maximum absolute atomic E-state index is 13.7. The molecule has 0 saturated carbocycles. The third-order valence-electron chi connectivity index (χ3n) is 7.23. The number of urea groups is 1. The minimum Gasteiger partial charge on any atom is -0.491 e. The van der Waals surface area contributed by atoms with Gasteiger partial charge in [0.15, 0.2) is 11.6 Å². The van der Waals surface area contributed by atoms with Crippen molar-refractivity contribution in [3.8, 4) is 5.75 Å². The lowest BCUT2D eigenvalue weighted by Crippen LogP contribution is -2.56. The van der Waals surface area contributed by atoms with E-state index >= 15 is 0 Å². The molecule has 222 valence electrons. The Balaban J connectivity index is 1.36. The van der Waals surface area contributed by atoms with Crippen LogP contribution in [0.2, 0.25) is 0 Å². The quantitative estimate of drug-likeness (QED) is 0.528. The Bertz CT molecular complexity index is 1320. The van der Waals surface area contributed by atoms with E-state index in [-0.39, 0.29) is 36.1 Å². The van der Waals surface area contributed by atoms with E-state index in [4.69, 9.17) is 14.2 Å². The first-order valence-electron chi connectivity index (χ1n) is 13.5. The van der Waals surface area contributed by atoms with Crippen molar-refractivity contribution in [3.63, 3.8) is 0 Å². The molecule has 2 N–H and O–H groups in total. The van der Waals surface area contributed by atoms with Crippen molar-refractivity contribution < 1.29 is 37.0 Å². The molecule has 2 saturated heterocycles. The summed E-state index contributed by atoms with van der Waals surface area (Å²) in [7, 11) is 0. The van der Waals surface area contributed by atoms with Crippen LogP contribution in [0.25, 0.3) is 0 Å². The Morgan fingerprint density at radius 3 is 2.78 bits per heavy atom. The van der Waals surface area contributed by atoms with Crippen LogP contribution in [0.1, 0.15) is 49.7 Å². The summed E-state index contributed by atoms with van der Waals surface area (Å²) in [6.45, 7) is 8.22. The normalized spacial score (nSPS) is 22.1. The average Bonchev–Trinajstić information content (AvgIpc) is 3.25. The van der Waals surface area contributed by atoms with Crippen LogP contribution in [-0.2, 0) is 9.47 Å². The van der Waals surface area contributed by atoms with Crippen LogP contribution in [0.15, 0.2) is 24.4 Å². The van der Waals surface area contributed by atoms with Gasteiger partial charge in [-0.3, -0.25) is 15.0 Å². The number of piperidine rings is 1. The van der Waals surface area contributed by atoms with Gasteiger partial charge in [0.25, 0.3) is 5.91 Å². The summed E-state index contributed by atoms with van der Waals surface area (Å²) >= 11 is 0. The molecule has 11 nitrogen and oxygen atoms in total. The molecule has 0 aromatic carbocycles. The van der Waals surface area contributed by atoms with E-state index in [0.717, 1.165) is 19.9 Å². The van der Waals surface area contributed by atoms with Gasteiger partial charge in [-0.05, 0) is 58.2 Å². The second kappa shape index (κ2) is 11.0. The van der Waals surface area contributed by atoms with Crippen molar-refractivity contribution in [1.82, 2.24) is 15.3 Å². The number of halogens is 3. The molecule has 5 heterocycles. The minimum absolute atomic E-state index is 0.203. The first-order chi connectivity index (χ1) is 19.3. The predicted octanol–water partition coefficient (Wildman–Crippen LogP) is 4.02. The molecule has 3 atom stereocenters. The number of fused-ring (bicyclic) bond motifs is 4. The molecule has 2 aromatic heterocycles. The van der Waals surface area contributed by atoms with E-state index in [9.17, 15) is 22.8 Å². The van der Waals surface area contributed by atoms with Crippen molar-refractivity contribution in [2.24, 2.45) is 0 Å². The van der Waals surface area contributed by atoms with Crippen LogP contribution < -0.4 is 25.2 Å². The molecule has 3 amide bonds.